The second-order valence-corrected chi connectivity index (χ2v) is 20.0. The van der Waals surface area contributed by atoms with Crippen LogP contribution in [-0.2, 0) is 6.54 Å². The summed E-state index contributed by atoms with van der Waals surface area (Å²) in [5.74, 6) is 0. The highest BCUT2D eigenvalue weighted by Gasteiger charge is 2.26. The van der Waals surface area contributed by atoms with Crippen LogP contribution in [0.2, 0.25) is 0 Å². The standard InChI is InChI=1S/C61H112N/c1-4-7-10-13-16-19-22-25-28-31-34-37-40-43-46-52-57-62(60-61-55-50-49-51-56-61,58-53-47-44-41-38-35-32-29-26-23-20-17-14-11-8-5-2)59-54-48-45-42-39-36-33-30-27-24-21-18-15-12-9-6-3/h37-42,49-51,55-56H,4-36,43-48,52-54,57-60H2,1-3H3/q+1/b40-37+,41-38+,42-39+. The van der Waals surface area contributed by atoms with Gasteiger partial charge in [0.05, 0.1) is 19.6 Å². The van der Waals surface area contributed by atoms with Crippen LogP contribution < -0.4 is 0 Å². The second kappa shape index (κ2) is 48.8. The molecule has 0 amide bonds. The molecule has 1 aromatic rings. The zero-order chi connectivity index (χ0) is 44.4. The predicted octanol–water partition coefficient (Wildman–Crippen LogP) is 21.1. The largest absolute Gasteiger partial charge is 0.320 e. The summed E-state index contributed by atoms with van der Waals surface area (Å²) >= 11 is 0. The van der Waals surface area contributed by atoms with Crippen molar-refractivity contribution in [2.45, 2.75) is 297 Å². The highest BCUT2D eigenvalue weighted by Crippen LogP contribution is 2.22. The Morgan fingerprint density at radius 2 is 0.500 bits per heavy atom. The van der Waals surface area contributed by atoms with Crippen molar-refractivity contribution in [1.82, 2.24) is 0 Å². The number of hydrogen-bond donors (Lipinski definition) is 0. The van der Waals surface area contributed by atoms with Crippen molar-refractivity contribution in [3.63, 3.8) is 0 Å². The maximum absolute atomic E-state index is 2.52. The van der Waals surface area contributed by atoms with Gasteiger partial charge in [0, 0.05) is 5.56 Å². The Bertz CT molecular complexity index is 964. The van der Waals surface area contributed by atoms with Crippen molar-refractivity contribution in [1.29, 1.82) is 0 Å². The van der Waals surface area contributed by atoms with Crippen LogP contribution in [0.4, 0.5) is 0 Å². The minimum atomic E-state index is 1.21. The average Bonchev–Trinajstić information content (AvgIpc) is 3.29. The fraction of sp³-hybridized carbons (Fsp3) is 0.803. The summed E-state index contributed by atoms with van der Waals surface area (Å²) in [5.41, 5.74) is 1.54. The molecular weight excluding hydrogens is 747 g/mol. The average molecular weight is 860 g/mol. The lowest BCUT2D eigenvalue weighted by Gasteiger charge is -2.39. The molecule has 0 aromatic heterocycles. The summed E-state index contributed by atoms with van der Waals surface area (Å²) in [6, 6.07) is 11.5. The van der Waals surface area contributed by atoms with Gasteiger partial charge < -0.3 is 4.48 Å². The van der Waals surface area contributed by atoms with E-state index in [1.165, 1.54) is 306 Å². The first-order valence-corrected chi connectivity index (χ1v) is 28.6. The number of quaternary nitrogens is 1. The number of nitrogens with zero attached hydrogens (tertiary/aromatic N) is 1. The van der Waals surface area contributed by atoms with Gasteiger partial charge in [-0.2, -0.15) is 0 Å². The van der Waals surface area contributed by atoms with E-state index in [1.807, 2.05) is 0 Å². The highest BCUT2D eigenvalue weighted by atomic mass is 15.3. The van der Waals surface area contributed by atoms with Gasteiger partial charge in [0.15, 0.2) is 0 Å². The van der Waals surface area contributed by atoms with Gasteiger partial charge in [-0.05, 0) is 96.3 Å². The van der Waals surface area contributed by atoms with Crippen LogP contribution >= 0.6 is 0 Å². The highest BCUT2D eigenvalue weighted by molar-refractivity contribution is 5.13. The summed E-state index contributed by atoms with van der Waals surface area (Å²) < 4.78 is 1.29. The molecule has 0 aliphatic rings. The van der Waals surface area contributed by atoms with E-state index < -0.39 is 0 Å². The monoisotopic (exact) mass is 859 g/mol. The first kappa shape index (κ1) is 58.4. The third-order valence-corrected chi connectivity index (χ3v) is 13.8. The lowest BCUT2D eigenvalue weighted by atomic mass is 10.0. The van der Waals surface area contributed by atoms with Gasteiger partial charge in [-0.3, -0.25) is 0 Å². The van der Waals surface area contributed by atoms with Crippen molar-refractivity contribution in [2.24, 2.45) is 0 Å². The van der Waals surface area contributed by atoms with E-state index in [2.05, 4.69) is 87.6 Å². The van der Waals surface area contributed by atoms with Crippen molar-refractivity contribution >= 4 is 0 Å². The third-order valence-electron chi connectivity index (χ3n) is 13.8. The van der Waals surface area contributed by atoms with E-state index in [4.69, 9.17) is 0 Å². The van der Waals surface area contributed by atoms with Crippen molar-refractivity contribution in [3.8, 4) is 0 Å². The van der Waals surface area contributed by atoms with Gasteiger partial charge in [0.1, 0.15) is 6.54 Å². The summed E-state index contributed by atoms with van der Waals surface area (Å²) in [7, 11) is 0. The summed E-state index contributed by atoms with van der Waals surface area (Å²) in [5, 5.41) is 0. The molecule has 360 valence electrons. The van der Waals surface area contributed by atoms with E-state index in [9.17, 15) is 0 Å². The Hall–Kier alpha value is -1.60. The van der Waals surface area contributed by atoms with Gasteiger partial charge in [-0.1, -0.05) is 261 Å². The maximum atomic E-state index is 2.52. The van der Waals surface area contributed by atoms with Crippen LogP contribution in [0.25, 0.3) is 0 Å². The Balaban J connectivity index is 2.54. The fourth-order valence-corrected chi connectivity index (χ4v) is 9.63. The van der Waals surface area contributed by atoms with E-state index >= 15 is 0 Å². The molecule has 0 N–H and O–H groups in total. The minimum absolute atomic E-state index is 1.21. The lowest BCUT2D eigenvalue weighted by molar-refractivity contribution is -0.941. The molecule has 0 aliphatic heterocycles. The van der Waals surface area contributed by atoms with Crippen LogP contribution in [0.1, 0.15) is 296 Å². The smallest absolute Gasteiger partial charge is 0.104 e. The minimum Gasteiger partial charge on any atom is -0.320 e. The Morgan fingerprint density at radius 1 is 0.274 bits per heavy atom. The van der Waals surface area contributed by atoms with Crippen molar-refractivity contribution < 1.29 is 4.48 Å². The van der Waals surface area contributed by atoms with Crippen LogP contribution in [0, 0.1) is 0 Å². The molecule has 0 atom stereocenters. The van der Waals surface area contributed by atoms with Crippen molar-refractivity contribution in [3.05, 3.63) is 72.4 Å². The van der Waals surface area contributed by atoms with Crippen LogP contribution in [0.15, 0.2) is 66.8 Å². The van der Waals surface area contributed by atoms with Crippen LogP contribution in [-0.4, -0.2) is 24.1 Å². The van der Waals surface area contributed by atoms with Crippen LogP contribution in [0.5, 0.6) is 0 Å². The second-order valence-electron chi connectivity index (χ2n) is 20.0. The molecule has 0 spiro atoms. The zero-order valence-electron chi connectivity index (χ0n) is 42.8. The zero-order valence-corrected chi connectivity index (χ0v) is 42.8. The van der Waals surface area contributed by atoms with E-state index in [-0.39, 0.29) is 0 Å². The molecule has 0 unspecified atom stereocenters. The van der Waals surface area contributed by atoms with Gasteiger partial charge in [0.2, 0.25) is 0 Å². The fourth-order valence-electron chi connectivity index (χ4n) is 9.63. The number of hydrogen-bond acceptors (Lipinski definition) is 0. The molecular formula is C61H112N+. The van der Waals surface area contributed by atoms with E-state index in [0.717, 1.165) is 0 Å². The quantitative estimate of drug-likeness (QED) is 0.0348. The summed E-state index contributed by atoms with van der Waals surface area (Å²) in [4.78, 5) is 0. The maximum Gasteiger partial charge on any atom is 0.104 e. The number of rotatable bonds is 50. The van der Waals surface area contributed by atoms with Crippen molar-refractivity contribution in [2.75, 3.05) is 19.6 Å². The SMILES string of the molecule is CCCCCCCCCCCC/C=C/CCCC[N+](CCCC/C=C/CCCCCCCCCCCC)(CCCC/C=C/CCCCCCCCCCCC)Cc1ccccc1. The summed E-state index contributed by atoms with van der Waals surface area (Å²) in [6.07, 6.45) is 73.6. The Kier molecular flexibility index (Phi) is 46.0. The van der Waals surface area contributed by atoms with E-state index in [1.54, 1.807) is 0 Å². The van der Waals surface area contributed by atoms with Gasteiger partial charge in [-0.15, -0.1) is 0 Å². The topological polar surface area (TPSA) is 0 Å². The molecule has 62 heavy (non-hydrogen) atoms. The first-order chi connectivity index (χ1) is 30.8. The van der Waals surface area contributed by atoms with Gasteiger partial charge in [-0.25, -0.2) is 0 Å². The molecule has 0 fully saturated rings. The van der Waals surface area contributed by atoms with Crippen LogP contribution in [0.3, 0.4) is 0 Å². The number of unbranched alkanes of at least 4 members (excludes halogenated alkanes) is 36. The normalized spacial score (nSPS) is 12.3. The molecule has 0 heterocycles. The Morgan fingerprint density at radius 3 is 0.758 bits per heavy atom. The molecule has 0 bridgehead atoms. The third kappa shape index (κ3) is 41.1. The molecule has 0 radical (unpaired) electrons. The number of benzene rings is 1. The molecule has 0 saturated carbocycles. The van der Waals surface area contributed by atoms with Gasteiger partial charge in [0.25, 0.3) is 0 Å². The predicted molar refractivity (Wildman–Crippen MR) is 283 cm³/mol. The first-order valence-electron chi connectivity index (χ1n) is 28.6. The van der Waals surface area contributed by atoms with E-state index in [0.29, 0.717) is 0 Å². The molecule has 1 rings (SSSR count). The number of allylic oxidation sites excluding steroid dienone is 6. The summed E-state index contributed by atoms with van der Waals surface area (Å²) in [6.45, 7) is 12.2. The molecule has 1 aromatic carbocycles. The molecule has 0 saturated heterocycles. The molecule has 1 nitrogen and oxygen atoms in total. The molecule has 1 heteroatoms. The van der Waals surface area contributed by atoms with Gasteiger partial charge >= 0.3 is 0 Å². The Labute approximate surface area is 391 Å². The lowest BCUT2D eigenvalue weighted by Crippen LogP contribution is -2.49. The molecule has 0 aliphatic carbocycles.